The monoisotopic (exact) mass is 279 g/mol. The molecule has 4 heteroatoms. The molecule has 0 fully saturated rings. The van der Waals surface area contributed by atoms with Crippen molar-refractivity contribution in [3.05, 3.63) is 34.3 Å². The molecule has 3 nitrogen and oxygen atoms in total. The third-order valence-corrected chi connectivity index (χ3v) is 3.07. The van der Waals surface area contributed by atoms with E-state index in [-0.39, 0.29) is 0 Å². The van der Waals surface area contributed by atoms with Crippen molar-refractivity contribution < 1.29 is 0 Å². The second-order valence-electron chi connectivity index (χ2n) is 4.06. The van der Waals surface area contributed by atoms with E-state index in [0.717, 1.165) is 21.3 Å². The number of H-pyrrole nitrogens is 1. The summed E-state index contributed by atoms with van der Waals surface area (Å²) < 4.78 is 1.06. The second-order valence-corrected chi connectivity index (χ2v) is 4.97. The smallest absolute Gasteiger partial charge is 0.149 e. The Morgan fingerprint density at radius 2 is 1.88 bits per heavy atom. The Morgan fingerprint density at radius 3 is 2.44 bits per heavy atom. The number of aromatic nitrogens is 2. The maximum absolute atomic E-state index is 5.86. The van der Waals surface area contributed by atoms with Crippen LogP contribution in [-0.4, -0.2) is 10.2 Å². The number of nitrogens with two attached hydrogens (primary N) is 1. The Balaban J connectivity index is 2.52. The molecular formula is C12H14BrN3. The van der Waals surface area contributed by atoms with Crippen LogP contribution in [0.25, 0.3) is 11.3 Å². The van der Waals surface area contributed by atoms with Crippen molar-refractivity contribution in [3.63, 3.8) is 0 Å². The van der Waals surface area contributed by atoms with Crippen LogP contribution in [0, 0.1) is 0 Å². The Morgan fingerprint density at radius 1 is 1.25 bits per heavy atom. The van der Waals surface area contributed by atoms with Gasteiger partial charge in [-0.3, -0.25) is 5.10 Å². The fourth-order valence-corrected chi connectivity index (χ4v) is 2.05. The van der Waals surface area contributed by atoms with Crippen molar-refractivity contribution >= 4 is 21.7 Å². The molecule has 16 heavy (non-hydrogen) atoms. The van der Waals surface area contributed by atoms with Gasteiger partial charge in [-0.2, -0.15) is 5.10 Å². The first-order chi connectivity index (χ1) is 7.59. The number of benzene rings is 1. The molecule has 1 heterocycles. The standard InChI is InChI=1S/C12H14BrN3/c1-7(2)10-11(15-16-12(10)14)8-3-5-9(13)6-4-8/h3-7H,1-2H3,(H3,14,15,16). The van der Waals surface area contributed by atoms with Gasteiger partial charge in [0.15, 0.2) is 0 Å². The van der Waals surface area contributed by atoms with Crippen molar-refractivity contribution in [1.82, 2.24) is 10.2 Å². The highest BCUT2D eigenvalue weighted by atomic mass is 79.9. The molecule has 1 aromatic heterocycles. The lowest BCUT2D eigenvalue weighted by Gasteiger charge is -2.07. The number of hydrogen-bond acceptors (Lipinski definition) is 2. The molecule has 0 saturated heterocycles. The number of nitrogen functional groups attached to an aromatic ring is 1. The third-order valence-electron chi connectivity index (χ3n) is 2.54. The fraction of sp³-hybridized carbons (Fsp3) is 0.250. The molecule has 0 spiro atoms. The Hall–Kier alpha value is -1.29. The highest BCUT2D eigenvalue weighted by Gasteiger charge is 2.15. The van der Waals surface area contributed by atoms with Gasteiger partial charge in [-0.1, -0.05) is 41.9 Å². The molecule has 1 aromatic carbocycles. The summed E-state index contributed by atoms with van der Waals surface area (Å²) >= 11 is 3.42. The normalized spacial score (nSPS) is 11.0. The zero-order valence-corrected chi connectivity index (χ0v) is 10.9. The first kappa shape index (κ1) is 11.2. The number of halogens is 1. The van der Waals surface area contributed by atoms with Crippen LogP contribution in [0.5, 0.6) is 0 Å². The summed E-state index contributed by atoms with van der Waals surface area (Å²) in [6, 6.07) is 8.11. The highest BCUT2D eigenvalue weighted by molar-refractivity contribution is 9.10. The summed E-state index contributed by atoms with van der Waals surface area (Å²) in [6.45, 7) is 4.23. The predicted octanol–water partition coefficient (Wildman–Crippen LogP) is 3.54. The number of aromatic amines is 1. The van der Waals surface area contributed by atoms with Crippen molar-refractivity contribution in [3.8, 4) is 11.3 Å². The number of nitrogens with one attached hydrogen (secondary N) is 1. The molecule has 0 amide bonds. The van der Waals surface area contributed by atoms with E-state index in [0.29, 0.717) is 11.7 Å². The molecule has 0 bridgehead atoms. The molecule has 2 aromatic rings. The molecule has 0 radical (unpaired) electrons. The van der Waals surface area contributed by atoms with Crippen molar-refractivity contribution in [2.75, 3.05) is 5.73 Å². The van der Waals surface area contributed by atoms with Crippen LogP contribution in [0.4, 0.5) is 5.82 Å². The summed E-state index contributed by atoms with van der Waals surface area (Å²) in [4.78, 5) is 0. The van der Waals surface area contributed by atoms with Crippen molar-refractivity contribution in [1.29, 1.82) is 0 Å². The van der Waals surface area contributed by atoms with E-state index >= 15 is 0 Å². The molecular weight excluding hydrogens is 266 g/mol. The molecule has 0 atom stereocenters. The Kier molecular flexibility index (Phi) is 3.01. The topological polar surface area (TPSA) is 54.7 Å². The SMILES string of the molecule is CC(C)c1c(N)n[nH]c1-c1ccc(Br)cc1. The van der Waals surface area contributed by atoms with Gasteiger partial charge in [0.05, 0.1) is 5.69 Å². The molecule has 2 rings (SSSR count). The Bertz CT molecular complexity index is 485. The minimum atomic E-state index is 0.359. The highest BCUT2D eigenvalue weighted by Crippen LogP contribution is 2.31. The summed E-state index contributed by atoms with van der Waals surface area (Å²) in [5, 5.41) is 7.08. The molecule has 0 aliphatic rings. The molecule has 0 aliphatic carbocycles. The van der Waals surface area contributed by atoms with Gasteiger partial charge in [0, 0.05) is 10.0 Å². The summed E-state index contributed by atoms with van der Waals surface area (Å²) in [5.41, 5.74) is 9.06. The molecule has 0 aliphatic heterocycles. The fourth-order valence-electron chi connectivity index (χ4n) is 1.79. The van der Waals surface area contributed by atoms with E-state index in [9.17, 15) is 0 Å². The molecule has 3 N–H and O–H groups in total. The predicted molar refractivity (Wildman–Crippen MR) is 70.2 cm³/mol. The number of anilines is 1. The largest absolute Gasteiger partial charge is 0.382 e. The van der Waals surface area contributed by atoms with Crippen LogP contribution in [0.1, 0.15) is 25.3 Å². The first-order valence-electron chi connectivity index (χ1n) is 5.19. The Labute approximate surface area is 103 Å². The van der Waals surface area contributed by atoms with Gasteiger partial charge in [0.25, 0.3) is 0 Å². The van der Waals surface area contributed by atoms with Gasteiger partial charge >= 0.3 is 0 Å². The lowest BCUT2D eigenvalue weighted by atomic mass is 9.99. The third kappa shape index (κ3) is 1.97. The van der Waals surface area contributed by atoms with E-state index in [1.54, 1.807) is 0 Å². The zero-order valence-electron chi connectivity index (χ0n) is 9.29. The van der Waals surface area contributed by atoms with Gasteiger partial charge in [-0.15, -0.1) is 0 Å². The van der Waals surface area contributed by atoms with Crippen molar-refractivity contribution in [2.24, 2.45) is 0 Å². The van der Waals surface area contributed by atoms with Gasteiger partial charge in [-0.05, 0) is 23.6 Å². The molecule has 0 unspecified atom stereocenters. The van der Waals surface area contributed by atoms with E-state index in [1.807, 2.05) is 24.3 Å². The molecule has 84 valence electrons. The quantitative estimate of drug-likeness (QED) is 0.884. The van der Waals surface area contributed by atoms with Crippen molar-refractivity contribution in [2.45, 2.75) is 19.8 Å². The maximum atomic E-state index is 5.86. The minimum Gasteiger partial charge on any atom is -0.382 e. The minimum absolute atomic E-state index is 0.359. The van der Waals surface area contributed by atoms with E-state index in [2.05, 4.69) is 40.0 Å². The lowest BCUT2D eigenvalue weighted by molar-refractivity contribution is 0.873. The summed E-state index contributed by atoms with van der Waals surface area (Å²) in [6.07, 6.45) is 0. The van der Waals surface area contributed by atoms with E-state index < -0.39 is 0 Å². The van der Waals surface area contributed by atoms with Gasteiger partial charge in [-0.25, -0.2) is 0 Å². The van der Waals surface area contributed by atoms with Crippen LogP contribution in [-0.2, 0) is 0 Å². The summed E-state index contributed by atoms with van der Waals surface area (Å²) in [5.74, 6) is 0.949. The number of rotatable bonds is 2. The van der Waals surface area contributed by atoms with Crippen LogP contribution < -0.4 is 5.73 Å². The summed E-state index contributed by atoms with van der Waals surface area (Å²) in [7, 11) is 0. The lowest BCUT2D eigenvalue weighted by Crippen LogP contribution is -1.95. The molecule has 0 saturated carbocycles. The van der Waals surface area contributed by atoms with Crippen LogP contribution in [0.3, 0.4) is 0 Å². The average Bonchev–Trinajstić information content (AvgIpc) is 2.61. The van der Waals surface area contributed by atoms with Crippen LogP contribution >= 0.6 is 15.9 Å². The van der Waals surface area contributed by atoms with Crippen LogP contribution in [0.15, 0.2) is 28.7 Å². The zero-order chi connectivity index (χ0) is 11.7. The van der Waals surface area contributed by atoms with Gasteiger partial charge < -0.3 is 5.73 Å². The number of nitrogens with zero attached hydrogens (tertiary/aromatic N) is 1. The van der Waals surface area contributed by atoms with E-state index in [1.165, 1.54) is 0 Å². The average molecular weight is 280 g/mol. The second kappa shape index (κ2) is 4.29. The van der Waals surface area contributed by atoms with Crippen LogP contribution in [0.2, 0.25) is 0 Å². The van der Waals surface area contributed by atoms with E-state index in [4.69, 9.17) is 5.73 Å². The van der Waals surface area contributed by atoms with Gasteiger partial charge in [0.1, 0.15) is 5.82 Å². The number of hydrogen-bond donors (Lipinski definition) is 2. The van der Waals surface area contributed by atoms with Gasteiger partial charge in [0.2, 0.25) is 0 Å². The maximum Gasteiger partial charge on any atom is 0.149 e. The first-order valence-corrected chi connectivity index (χ1v) is 5.98.